The first-order valence-corrected chi connectivity index (χ1v) is 12.3. The van der Waals surface area contributed by atoms with Crippen molar-refractivity contribution >= 4 is 40.8 Å². The summed E-state index contributed by atoms with van der Waals surface area (Å²) < 4.78 is 68.4. The number of hydrogen-bond donors (Lipinski definition) is 1. The van der Waals surface area contributed by atoms with Crippen LogP contribution in [0.3, 0.4) is 0 Å². The highest BCUT2D eigenvalue weighted by molar-refractivity contribution is 7.98. The van der Waals surface area contributed by atoms with Gasteiger partial charge in [0.05, 0.1) is 22.8 Å². The van der Waals surface area contributed by atoms with Crippen LogP contribution in [0.15, 0.2) is 47.6 Å². The number of nitrogens with one attached hydrogen (secondary N) is 1. The largest absolute Gasteiger partial charge is 0.435 e. The van der Waals surface area contributed by atoms with Gasteiger partial charge in [-0.15, -0.1) is 0 Å². The Balaban J connectivity index is 1.85. The molecular weight excluding hydrogens is 513 g/mol. The number of amides is 2. The van der Waals surface area contributed by atoms with E-state index in [1.165, 1.54) is 41.4 Å². The van der Waals surface area contributed by atoms with E-state index in [1.807, 2.05) is 13.2 Å². The molecule has 2 aromatic rings. The van der Waals surface area contributed by atoms with E-state index < -0.39 is 34.8 Å². The lowest BCUT2D eigenvalue weighted by Crippen LogP contribution is -2.35. The molecule has 0 saturated carbocycles. The van der Waals surface area contributed by atoms with Gasteiger partial charge in [0.15, 0.2) is 0 Å². The monoisotopic (exact) mass is 535 g/mol. The first kappa shape index (κ1) is 27.1. The van der Waals surface area contributed by atoms with Crippen molar-refractivity contribution in [1.82, 2.24) is 5.01 Å². The lowest BCUT2D eigenvalue weighted by Gasteiger charge is -2.26. The van der Waals surface area contributed by atoms with E-state index in [0.717, 1.165) is 18.2 Å². The van der Waals surface area contributed by atoms with Crippen LogP contribution in [0.5, 0.6) is 5.75 Å². The maximum atomic E-state index is 13.2. The molecule has 0 fully saturated rings. The Morgan fingerprint density at radius 2 is 1.94 bits per heavy atom. The number of ether oxygens (including phenoxy) is 1. The Morgan fingerprint density at radius 3 is 2.51 bits per heavy atom. The molecule has 2 amide bonds. The van der Waals surface area contributed by atoms with Crippen molar-refractivity contribution in [3.63, 3.8) is 0 Å². The van der Waals surface area contributed by atoms with Crippen LogP contribution >= 0.6 is 23.4 Å². The molecule has 0 spiro atoms. The lowest BCUT2D eigenvalue weighted by atomic mass is 9.78. The predicted molar refractivity (Wildman–Crippen MR) is 128 cm³/mol. The molecule has 5 nitrogen and oxygen atoms in total. The molecule has 12 heteroatoms. The number of hydrazone groups is 1. The van der Waals surface area contributed by atoms with E-state index >= 15 is 0 Å². The summed E-state index contributed by atoms with van der Waals surface area (Å²) >= 11 is 7.60. The van der Waals surface area contributed by atoms with Crippen molar-refractivity contribution in [3.8, 4) is 5.75 Å². The zero-order valence-electron chi connectivity index (χ0n) is 18.8. The van der Waals surface area contributed by atoms with E-state index in [4.69, 9.17) is 11.6 Å². The van der Waals surface area contributed by atoms with Crippen LogP contribution in [0.2, 0.25) is 5.02 Å². The molecule has 1 unspecified atom stereocenters. The maximum absolute atomic E-state index is 13.2. The Kier molecular flexibility index (Phi) is 8.53. The fraction of sp³-hybridized carbons (Fsp3) is 0.391. The highest BCUT2D eigenvalue weighted by atomic mass is 35.5. The second kappa shape index (κ2) is 11.0. The molecule has 1 N–H and O–H groups in total. The second-order valence-corrected chi connectivity index (χ2v) is 9.58. The smallest absolute Gasteiger partial charge is 0.417 e. The Morgan fingerprint density at radius 1 is 1.26 bits per heavy atom. The summed E-state index contributed by atoms with van der Waals surface area (Å²) in [6.07, 6.45) is -1.16. The first-order valence-electron chi connectivity index (χ1n) is 10.5. The molecule has 35 heavy (non-hydrogen) atoms. The zero-order valence-corrected chi connectivity index (χ0v) is 20.4. The van der Waals surface area contributed by atoms with Crippen LogP contribution in [0.4, 0.5) is 32.4 Å². The van der Waals surface area contributed by atoms with Gasteiger partial charge in [0.25, 0.3) is 0 Å². The number of rotatable bonds is 8. The lowest BCUT2D eigenvalue weighted by molar-refractivity contribution is -0.137. The number of hydrogen-bond acceptors (Lipinski definition) is 4. The fourth-order valence-electron chi connectivity index (χ4n) is 3.81. The van der Waals surface area contributed by atoms with Crippen LogP contribution < -0.4 is 10.1 Å². The Labute approximate surface area is 208 Å². The third-order valence-electron chi connectivity index (χ3n) is 5.48. The standard InChI is InChI=1S/C23H23ClF5N3O2S/c1-22(10-3-11-35-2)13-32(21(33)30-15-5-7-16(8-6-15)34-20(25)26)31-19(22)14-4-9-17(18(24)12-14)23(27,28)29/h4-9,12,20H,3,10-11,13H2,1-2H3,(H,30,33). The number of halogens is 6. The van der Waals surface area contributed by atoms with Crippen molar-refractivity contribution in [2.24, 2.45) is 10.5 Å². The van der Waals surface area contributed by atoms with E-state index in [1.54, 1.807) is 11.8 Å². The van der Waals surface area contributed by atoms with Crippen LogP contribution in [-0.2, 0) is 6.18 Å². The van der Waals surface area contributed by atoms with Crippen LogP contribution in [0.1, 0.15) is 30.9 Å². The molecule has 1 aliphatic rings. The third-order valence-corrected chi connectivity index (χ3v) is 6.49. The van der Waals surface area contributed by atoms with Gasteiger partial charge in [0.1, 0.15) is 5.75 Å². The average Bonchev–Trinajstić information content (AvgIpc) is 3.11. The van der Waals surface area contributed by atoms with Gasteiger partial charge < -0.3 is 10.1 Å². The number of alkyl halides is 5. The van der Waals surface area contributed by atoms with Crippen molar-refractivity contribution in [3.05, 3.63) is 58.6 Å². The number of carbonyl (C=O) groups is 1. The molecule has 1 aliphatic heterocycles. The van der Waals surface area contributed by atoms with Gasteiger partial charge in [0.2, 0.25) is 0 Å². The summed E-state index contributed by atoms with van der Waals surface area (Å²) in [5.41, 5.74) is -0.365. The summed E-state index contributed by atoms with van der Waals surface area (Å²) in [4.78, 5) is 12.9. The van der Waals surface area contributed by atoms with E-state index in [9.17, 15) is 26.7 Å². The van der Waals surface area contributed by atoms with E-state index in [2.05, 4.69) is 15.2 Å². The predicted octanol–water partition coefficient (Wildman–Crippen LogP) is 7.36. The van der Waals surface area contributed by atoms with Gasteiger partial charge in [-0.05, 0) is 66.8 Å². The second-order valence-electron chi connectivity index (χ2n) is 8.19. The van der Waals surface area contributed by atoms with E-state index in [0.29, 0.717) is 23.4 Å². The number of anilines is 1. The number of nitrogens with zero attached hydrogens (tertiary/aromatic N) is 2. The summed E-state index contributed by atoms with van der Waals surface area (Å²) in [6.45, 7) is -0.856. The minimum absolute atomic E-state index is 0.0555. The van der Waals surface area contributed by atoms with Gasteiger partial charge in [-0.2, -0.15) is 38.8 Å². The molecular formula is C23H23ClF5N3O2S. The zero-order chi connectivity index (χ0) is 25.8. The molecule has 0 radical (unpaired) electrons. The molecule has 0 aliphatic carbocycles. The highest BCUT2D eigenvalue weighted by Crippen LogP contribution is 2.39. The fourth-order valence-corrected chi connectivity index (χ4v) is 4.53. The van der Waals surface area contributed by atoms with E-state index in [-0.39, 0.29) is 12.3 Å². The normalized spacial score (nSPS) is 18.1. The Bertz CT molecular complexity index is 1080. The van der Waals surface area contributed by atoms with Gasteiger partial charge in [-0.25, -0.2) is 9.80 Å². The summed E-state index contributed by atoms with van der Waals surface area (Å²) in [5.74, 6) is 0.815. The van der Waals surface area contributed by atoms with Crippen molar-refractivity contribution in [2.75, 3.05) is 23.9 Å². The number of carbonyl (C=O) groups excluding carboxylic acids is 1. The third kappa shape index (κ3) is 6.78. The SMILES string of the molecule is CSCCCC1(C)CN(C(=O)Nc2ccc(OC(F)F)cc2)N=C1c1ccc(C(F)(F)F)c(Cl)c1. The molecule has 0 aromatic heterocycles. The van der Waals surface area contributed by atoms with Crippen LogP contribution in [0, 0.1) is 5.41 Å². The highest BCUT2D eigenvalue weighted by Gasteiger charge is 2.42. The van der Waals surface area contributed by atoms with Crippen LogP contribution in [0.25, 0.3) is 0 Å². The van der Waals surface area contributed by atoms with Crippen molar-refractivity contribution in [2.45, 2.75) is 32.6 Å². The molecule has 1 atom stereocenters. The van der Waals surface area contributed by atoms with Gasteiger partial charge in [-0.3, -0.25) is 0 Å². The molecule has 3 rings (SSSR count). The molecule has 190 valence electrons. The first-order chi connectivity index (χ1) is 16.4. The average molecular weight is 536 g/mol. The number of thioether (sulfide) groups is 1. The minimum Gasteiger partial charge on any atom is -0.435 e. The summed E-state index contributed by atoms with van der Waals surface area (Å²) in [6, 6.07) is 8.26. The maximum Gasteiger partial charge on any atom is 0.417 e. The van der Waals surface area contributed by atoms with Gasteiger partial charge in [0, 0.05) is 11.1 Å². The topological polar surface area (TPSA) is 53.9 Å². The van der Waals surface area contributed by atoms with Gasteiger partial charge in [-0.1, -0.05) is 24.6 Å². The summed E-state index contributed by atoms with van der Waals surface area (Å²) in [7, 11) is 0. The molecule has 2 aromatic carbocycles. The molecule has 1 heterocycles. The van der Waals surface area contributed by atoms with Crippen molar-refractivity contribution in [1.29, 1.82) is 0 Å². The summed E-state index contributed by atoms with van der Waals surface area (Å²) in [5, 5.41) is 7.85. The quantitative estimate of drug-likeness (QED) is 0.284. The number of benzene rings is 2. The van der Waals surface area contributed by atoms with Crippen LogP contribution in [-0.4, -0.2) is 41.9 Å². The Hall–Kier alpha value is -2.53. The van der Waals surface area contributed by atoms with Gasteiger partial charge >= 0.3 is 18.8 Å². The van der Waals surface area contributed by atoms with Crippen molar-refractivity contribution < 1.29 is 31.5 Å². The molecule has 0 bridgehead atoms. The minimum atomic E-state index is -4.59. The number of urea groups is 1. The molecule has 0 saturated heterocycles.